The predicted molar refractivity (Wildman–Crippen MR) is 125 cm³/mol. The first-order chi connectivity index (χ1) is 14.7. The zero-order valence-electron chi connectivity index (χ0n) is 20.4. The summed E-state index contributed by atoms with van der Waals surface area (Å²) >= 11 is 0. The van der Waals surface area contributed by atoms with Crippen LogP contribution in [-0.2, 0) is 19.2 Å². The van der Waals surface area contributed by atoms with Crippen molar-refractivity contribution in [2.45, 2.75) is 110 Å². The first kappa shape index (κ1) is 29.2. The highest BCUT2D eigenvalue weighted by molar-refractivity contribution is 5.81. The van der Waals surface area contributed by atoms with Crippen LogP contribution in [0.15, 0.2) is 0 Å². The monoisotopic (exact) mass is 439 g/mol. The predicted octanol–water partition coefficient (Wildman–Crippen LogP) is 3.30. The summed E-state index contributed by atoms with van der Waals surface area (Å²) in [6.45, 7) is 8.11. The number of Topliss-reactive ketones (excluding diaryl/α,β-unsaturated/α-hetero) is 2. The fourth-order valence-corrected chi connectivity index (χ4v) is 3.64. The van der Waals surface area contributed by atoms with Gasteiger partial charge in [0.25, 0.3) is 0 Å². The molecule has 0 radical (unpaired) electrons. The van der Waals surface area contributed by atoms with Crippen LogP contribution in [0.25, 0.3) is 0 Å². The zero-order valence-corrected chi connectivity index (χ0v) is 20.4. The maximum atomic E-state index is 12.7. The van der Waals surface area contributed by atoms with E-state index in [0.717, 1.165) is 45.1 Å². The maximum absolute atomic E-state index is 12.7. The van der Waals surface area contributed by atoms with E-state index in [9.17, 15) is 19.2 Å². The number of carbonyl (C=O) groups excluding carboxylic acids is 4. The number of nitrogens with one attached hydrogen (secondary N) is 3. The highest BCUT2D eigenvalue weighted by atomic mass is 16.2. The summed E-state index contributed by atoms with van der Waals surface area (Å²) in [7, 11) is 1.90. The molecule has 180 valence electrons. The molecular formula is C24H45N3O4. The standard InChI is InChI=1S/C24H45N3O4/c1-6-7-10-18(2)15-23(30)26-21(11-8-9-14-25-5)17-24(31)27-22(16-20(4)29)13-12-19(3)28/h18,21-22,25H,6-17H2,1-5H3,(H,26,30)(H,27,31). The lowest BCUT2D eigenvalue weighted by Crippen LogP contribution is -2.43. The molecule has 0 saturated heterocycles. The summed E-state index contributed by atoms with van der Waals surface area (Å²) in [6.07, 6.45) is 7.53. The molecule has 7 nitrogen and oxygen atoms in total. The van der Waals surface area contributed by atoms with Crippen LogP contribution < -0.4 is 16.0 Å². The first-order valence-electron chi connectivity index (χ1n) is 11.9. The molecule has 0 bridgehead atoms. The van der Waals surface area contributed by atoms with Crippen molar-refractivity contribution in [3.63, 3.8) is 0 Å². The lowest BCUT2D eigenvalue weighted by molar-refractivity contribution is -0.125. The van der Waals surface area contributed by atoms with Crippen LogP contribution in [0.5, 0.6) is 0 Å². The normalized spacial score (nSPS) is 13.8. The summed E-state index contributed by atoms with van der Waals surface area (Å²) in [5, 5.41) is 9.07. The van der Waals surface area contributed by atoms with E-state index in [1.165, 1.54) is 13.8 Å². The summed E-state index contributed by atoms with van der Waals surface area (Å²) in [6, 6.07) is -0.572. The SMILES string of the molecule is CCCCC(C)CC(=O)NC(CCCCNC)CC(=O)NC(CCC(C)=O)CC(C)=O. The average Bonchev–Trinajstić information content (AvgIpc) is 2.67. The molecule has 0 aliphatic heterocycles. The molecule has 0 spiro atoms. The van der Waals surface area contributed by atoms with Crippen LogP contribution in [0, 0.1) is 5.92 Å². The van der Waals surface area contributed by atoms with Crippen molar-refractivity contribution in [2.75, 3.05) is 13.6 Å². The van der Waals surface area contributed by atoms with Gasteiger partial charge in [0.2, 0.25) is 11.8 Å². The van der Waals surface area contributed by atoms with Gasteiger partial charge in [-0.2, -0.15) is 0 Å². The third-order valence-electron chi connectivity index (χ3n) is 5.35. The fourth-order valence-electron chi connectivity index (χ4n) is 3.64. The molecule has 0 aromatic rings. The van der Waals surface area contributed by atoms with Crippen molar-refractivity contribution >= 4 is 23.4 Å². The van der Waals surface area contributed by atoms with E-state index in [4.69, 9.17) is 0 Å². The molecule has 3 unspecified atom stereocenters. The van der Waals surface area contributed by atoms with Gasteiger partial charge in [-0.3, -0.25) is 14.4 Å². The molecular weight excluding hydrogens is 394 g/mol. The molecule has 3 atom stereocenters. The third-order valence-corrected chi connectivity index (χ3v) is 5.35. The van der Waals surface area contributed by atoms with Crippen LogP contribution in [0.1, 0.15) is 98.3 Å². The second-order valence-corrected chi connectivity index (χ2v) is 8.93. The molecule has 0 aliphatic rings. The third kappa shape index (κ3) is 17.6. The summed E-state index contributed by atoms with van der Waals surface area (Å²) in [5.74, 6) is 0.145. The lowest BCUT2D eigenvalue weighted by atomic mass is 9.99. The van der Waals surface area contributed by atoms with Gasteiger partial charge in [0.05, 0.1) is 0 Å². The molecule has 0 rings (SSSR count). The van der Waals surface area contributed by atoms with Gasteiger partial charge in [0, 0.05) is 37.8 Å². The van der Waals surface area contributed by atoms with Crippen LogP contribution in [-0.4, -0.2) is 49.1 Å². The van der Waals surface area contributed by atoms with E-state index in [-0.39, 0.29) is 48.3 Å². The number of ketones is 2. The van der Waals surface area contributed by atoms with Crippen molar-refractivity contribution in [1.29, 1.82) is 0 Å². The molecule has 2 amide bonds. The minimum absolute atomic E-state index is 0.00751. The van der Waals surface area contributed by atoms with Crippen molar-refractivity contribution in [3.8, 4) is 0 Å². The van der Waals surface area contributed by atoms with Gasteiger partial charge in [-0.25, -0.2) is 0 Å². The Balaban J connectivity index is 4.84. The summed E-state index contributed by atoms with van der Waals surface area (Å²) < 4.78 is 0. The van der Waals surface area contributed by atoms with E-state index in [2.05, 4.69) is 29.8 Å². The number of rotatable bonds is 19. The van der Waals surface area contributed by atoms with E-state index in [0.29, 0.717) is 25.2 Å². The molecule has 7 heteroatoms. The van der Waals surface area contributed by atoms with Crippen LogP contribution in [0.4, 0.5) is 0 Å². The van der Waals surface area contributed by atoms with Gasteiger partial charge in [-0.1, -0.05) is 39.5 Å². The van der Waals surface area contributed by atoms with Crippen molar-refractivity contribution in [3.05, 3.63) is 0 Å². The minimum atomic E-state index is -0.344. The Labute approximate surface area is 188 Å². The van der Waals surface area contributed by atoms with Gasteiger partial charge in [-0.15, -0.1) is 0 Å². The molecule has 3 N–H and O–H groups in total. The maximum Gasteiger partial charge on any atom is 0.222 e. The second-order valence-electron chi connectivity index (χ2n) is 8.93. The Morgan fingerprint density at radius 3 is 1.90 bits per heavy atom. The number of carbonyl (C=O) groups is 4. The van der Waals surface area contributed by atoms with Gasteiger partial charge in [0.15, 0.2) is 0 Å². The first-order valence-corrected chi connectivity index (χ1v) is 11.9. The number of hydrogen-bond acceptors (Lipinski definition) is 5. The van der Waals surface area contributed by atoms with Gasteiger partial charge < -0.3 is 20.7 Å². The molecule has 0 aromatic carbocycles. The van der Waals surface area contributed by atoms with Gasteiger partial charge in [0.1, 0.15) is 11.6 Å². The molecule has 31 heavy (non-hydrogen) atoms. The smallest absolute Gasteiger partial charge is 0.222 e. The highest BCUT2D eigenvalue weighted by Gasteiger charge is 2.21. The van der Waals surface area contributed by atoms with E-state index in [1.54, 1.807) is 0 Å². The number of amides is 2. The topological polar surface area (TPSA) is 104 Å². The molecule has 0 aromatic heterocycles. The minimum Gasteiger partial charge on any atom is -0.353 e. The largest absolute Gasteiger partial charge is 0.353 e. The number of unbranched alkanes of at least 4 members (excludes halogenated alkanes) is 2. The Morgan fingerprint density at radius 2 is 1.35 bits per heavy atom. The van der Waals surface area contributed by atoms with Gasteiger partial charge in [-0.05, 0) is 52.6 Å². The van der Waals surface area contributed by atoms with Crippen LogP contribution in [0.3, 0.4) is 0 Å². The van der Waals surface area contributed by atoms with Gasteiger partial charge >= 0.3 is 0 Å². The molecule has 0 saturated carbocycles. The number of hydrogen-bond donors (Lipinski definition) is 3. The Kier molecular flexibility index (Phi) is 16.9. The zero-order chi connectivity index (χ0) is 23.6. The Hall–Kier alpha value is -1.76. The Bertz CT molecular complexity index is 551. The van der Waals surface area contributed by atoms with Crippen LogP contribution >= 0.6 is 0 Å². The highest BCUT2D eigenvalue weighted by Crippen LogP contribution is 2.13. The molecule has 0 aliphatic carbocycles. The fraction of sp³-hybridized carbons (Fsp3) is 0.833. The summed E-state index contributed by atoms with van der Waals surface area (Å²) in [4.78, 5) is 48.0. The average molecular weight is 440 g/mol. The molecule has 0 fully saturated rings. The van der Waals surface area contributed by atoms with Crippen molar-refractivity contribution in [1.82, 2.24) is 16.0 Å². The quantitative estimate of drug-likeness (QED) is 0.268. The van der Waals surface area contributed by atoms with Crippen molar-refractivity contribution in [2.24, 2.45) is 5.92 Å². The van der Waals surface area contributed by atoms with Crippen molar-refractivity contribution < 1.29 is 19.2 Å². The van der Waals surface area contributed by atoms with Crippen LogP contribution in [0.2, 0.25) is 0 Å². The Morgan fingerprint density at radius 1 is 0.742 bits per heavy atom. The second kappa shape index (κ2) is 17.9. The van der Waals surface area contributed by atoms with E-state index in [1.807, 2.05) is 7.05 Å². The lowest BCUT2D eigenvalue weighted by Gasteiger charge is -2.22. The molecule has 0 heterocycles. The summed E-state index contributed by atoms with van der Waals surface area (Å²) in [5.41, 5.74) is 0. The van der Waals surface area contributed by atoms with E-state index >= 15 is 0 Å². The van der Waals surface area contributed by atoms with E-state index < -0.39 is 0 Å².